The topological polar surface area (TPSA) is 231 Å². The van der Waals surface area contributed by atoms with E-state index in [1.165, 1.54) is 103 Å². The molecule has 11 atom stereocenters. The standard InChI is InChI=1S/C47H86O15/c1-3-5-7-9-11-13-15-16-17-18-20-22-24-26-28-30-39(50)60-35(32-57-38(49)29-27-25-23-21-19-14-12-10-8-6-4-2)33-58-46-45(56)43(54)41(52)37(62-46)34-59-47-44(55)42(53)40(51)36(31-48)61-47/h3,35-37,40-48,51-56H,1,4-34H2,2H3/t35-,36-,37-,40+,41+,42?,43?,44?,45?,46-,47-/m1/s1. The van der Waals surface area contributed by atoms with Crippen molar-refractivity contribution in [2.24, 2.45) is 0 Å². The number of hydrogen-bond donors (Lipinski definition) is 7. The predicted molar refractivity (Wildman–Crippen MR) is 234 cm³/mol. The van der Waals surface area contributed by atoms with E-state index in [9.17, 15) is 45.3 Å². The van der Waals surface area contributed by atoms with Crippen LogP contribution in [0, 0.1) is 0 Å². The average molecular weight is 891 g/mol. The molecule has 0 saturated carbocycles. The van der Waals surface area contributed by atoms with Gasteiger partial charge in [0.25, 0.3) is 0 Å². The number of aliphatic hydroxyl groups is 7. The van der Waals surface area contributed by atoms with Gasteiger partial charge < -0.3 is 64.2 Å². The smallest absolute Gasteiger partial charge is 0.306 e. The fourth-order valence-corrected chi connectivity index (χ4v) is 7.84. The van der Waals surface area contributed by atoms with Crippen molar-refractivity contribution in [1.29, 1.82) is 0 Å². The Morgan fingerprint density at radius 3 is 1.44 bits per heavy atom. The van der Waals surface area contributed by atoms with Crippen LogP contribution in [0.2, 0.25) is 0 Å². The summed E-state index contributed by atoms with van der Waals surface area (Å²) in [4.78, 5) is 25.6. The molecule has 15 heteroatoms. The first-order chi connectivity index (χ1) is 30.0. The summed E-state index contributed by atoms with van der Waals surface area (Å²) >= 11 is 0. The van der Waals surface area contributed by atoms with Gasteiger partial charge in [-0.1, -0.05) is 148 Å². The van der Waals surface area contributed by atoms with Crippen molar-refractivity contribution in [3.8, 4) is 0 Å². The van der Waals surface area contributed by atoms with E-state index in [0.717, 1.165) is 44.9 Å². The molecule has 2 fully saturated rings. The van der Waals surface area contributed by atoms with Crippen LogP contribution in [-0.4, -0.2) is 142 Å². The molecule has 2 aliphatic heterocycles. The number of aliphatic hydroxyl groups excluding tert-OH is 7. The molecule has 2 saturated heterocycles. The average Bonchev–Trinajstić information content (AvgIpc) is 3.26. The molecule has 0 aromatic carbocycles. The highest BCUT2D eigenvalue weighted by atomic mass is 16.7. The van der Waals surface area contributed by atoms with E-state index < -0.39 is 92.7 Å². The molecule has 62 heavy (non-hydrogen) atoms. The molecule has 7 N–H and O–H groups in total. The molecule has 364 valence electrons. The maximum Gasteiger partial charge on any atom is 0.306 e. The van der Waals surface area contributed by atoms with Gasteiger partial charge in [0.1, 0.15) is 55.4 Å². The Hall–Kier alpha value is -1.76. The van der Waals surface area contributed by atoms with E-state index in [1.807, 2.05) is 6.08 Å². The highest BCUT2D eigenvalue weighted by Gasteiger charge is 2.47. The molecule has 4 unspecified atom stereocenters. The van der Waals surface area contributed by atoms with Gasteiger partial charge in [0, 0.05) is 12.8 Å². The number of rotatable bonds is 38. The molecule has 0 radical (unpaired) electrons. The summed E-state index contributed by atoms with van der Waals surface area (Å²) in [6, 6.07) is 0. The van der Waals surface area contributed by atoms with Gasteiger partial charge in [0.2, 0.25) is 0 Å². The summed E-state index contributed by atoms with van der Waals surface area (Å²) in [6.45, 7) is 4.12. The molecule has 0 bridgehead atoms. The number of carbonyl (C=O) groups excluding carboxylic acids is 2. The lowest BCUT2D eigenvalue weighted by Crippen LogP contribution is -2.61. The Balaban J connectivity index is 1.82. The summed E-state index contributed by atoms with van der Waals surface area (Å²) in [5, 5.41) is 71.9. The van der Waals surface area contributed by atoms with Crippen LogP contribution in [0.25, 0.3) is 0 Å². The zero-order valence-corrected chi connectivity index (χ0v) is 38.0. The minimum absolute atomic E-state index is 0.167. The fraction of sp³-hybridized carbons (Fsp3) is 0.915. The fourth-order valence-electron chi connectivity index (χ4n) is 7.84. The van der Waals surface area contributed by atoms with Crippen molar-refractivity contribution in [3.05, 3.63) is 12.7 Å². The third kappa shape index (κ3) is 24.0. The van der Waals surface area contributed by atoms with Gasteiger partial charge in [-0.25, -0.2) is 0 Å². The van der Waals surface area contributed by atoms with Gasteiger partial charge >= 0.3 is 11.9 Å². The molecular weight excluding hydrogens is 805 g/mol. The summed E-state index contributed by atoms with van der Waals surface area (Å²) in [7, 11) is 0. The van der Waals surface area contributed by atoms with Crippen LogP contribution in [0.15, 0.2) is 12.7 Å². The Morgan fingerprint density at radius 2 is 0.952 bits per heavy atom. The molecule has 2 rings (SSSR count). The third-order valence-electron chi connectivity index (χ3n) is 11.9. The lowest BCUT2D eigenvalue weighted by molar-refractivity contribution is -0.332. The number of carbonyl (C=O) groups is 2. The molecule has 0 spiro atoms. The Bertz CT molecular complexity index is 1130. The predicted octanol–water partition coefficient (Wildman–Crippen LogP) is 5.82. The van der Waals surface area contributed by atoms with Gasteiger partial charge in [-0.3, -0.25) is 9.59 Å². The lowest BCUT2D eigenvalue weighted by Gasteiger charge is -2.42. The molecule has 0 aromatic rings. The van der Waals surface area contributed by atoms with Crippen molar-refractivity contribution in [2.75, 3.05) is 26.4 Å². The van der Waals surface area contributed by atoms with E-state index >= 15 is 0 Å². The van der Waals surface area contributed by atoms with Crippen LogP contribution in [0.5, 0.6) is 0 Å². The van der Waals surface area contributed by atoms with Crippen LogP contribution in [0.4, 0.5) is 0 Å². The third-order valence-corrected chi connectivity index (χ3v) is 11.9. The second-order valence-electron chi connectivity index (χ2n) is 17.4. The van der Waals surface area contributed by atoms with Gasteiger partial charge in [-0.05, 0) is 25.7 Å². The molecule has 2 aliphatic rings. The van der Waals surface area contributed by atoms with Gasteiger partial charge in [-0.2, -0.15) is 0 Å². The van der Waals surface area contributed by atoms with Gasteiger partial charge in [0.15, 0.2) is 18.7 Å². The largest absolute Gasteiger partial charge is 0.462 e. The second kappa shape index (κ2) is 35.5. The van der Waals surface area contributed by atoms with Crippen LogP contribution in [0.1, 0.15) is 180 Å². The number of unbranched alkanes of at least 4 members (excludes halogenated alkanes) is 23. The monoisotopic (exact) mass is 891 g/mol. The van der Waals surface area contributed by atoms with Crippen LogP contribution in [-0.2, 0) is 38.0 Å². The molecule has 0 aliphatic carbocycles. The van der Waals surface area contributed by atoms with Crippen LogP contribution < -0.4 is 0 Å². The highest BCUT2D eigenvalue weighted by molar-refractivity contribution is 5.70. The zero-order valence-electron chi connectivity index (χ0n) is 38.0. The van der Waals surface area contributed by atoms with Gasteiger partial charge in [-0.15, -0.1) is 6.58 Å². The van der Waals surface area contributed by atoms with Crippen molar-refractivity contribution < 1.29 is 73.8 Å². The first kappa shape index (κ1) is 56.4. The van der Waals surface area contributed by atoms with Crippen molar-refractivity contribution in [3.63, 3.8) is 0 Å². The minimum Gasteiger partial charge on any atom is -0.462 e. The molecule has 2 heterocycles. The maximum atomic E-state index is 13.0. The van der Waals surface area contributed by atoms with E-state index in [4.69, 9.17) is 28.4 Å². The summed E-state index contributed by atoms with van der Waals surface area (Å²) in [6.07, 6.45) is 14.3. The Morgan fingerprint density at radius 1 is 0.532 bits per heavy atom. The van der Waals surface area contributed by atoms with E-state index in [2.05, 4.69) is 13.5 Å². The number of esters is 2. The normalized spacial score (nSPS) is 26.9. The summed E-state index contributed by atoms with van der Waals surface area (Å²) in [5.41, 5.74) is 0. The van der Waals surface area contributed by atoms with Crippen LogP contribution >= 0.6 is 0 Å². The quantitative estimate of drug-likeness (QED) is 0.0220. The number of allylic oxidation sites excluding steroid dienone is 1. The van der Waals surface area contributed by atoms with E-state index in [1.54, 1.807) is 0 Å². The number of hydrogen-bond acceptors (Lipinski definition) is 15. The van der Waals surface area contributed by atoms with Crippen molar-refractivity contribution >= 4 is 11.9 Å². The van der Waals surface area contributed by atoms with E-state index in [0.29, 0.717) is 12.8 Å². The second-order valence-corrected chi connectivity index (χ2v) is 17.4. The number of ether oxygens (including phenoxy) is 6. The Kier molecular flexibility index (Phi) is 32.3. The molecule has 0 amide bonds. The van der Waals surface area contributed by atoms with Crippen molar-refractivity contribution in [1.82, 2.24) is 0 Å². The molecule has 15 nitrogen and oxygen atoms in total. The molecule has 0 aromatic heterocycles. The molecular formula is C47H86O15. The van der Waals surface area contributed by atoms with Crippen LogP contribution in [0.3, 0.4) is 0 Å². The van der Waals surface area contributed by atoms with E-state index in [-0.39, 0.29) is 26.1 Å². The Labute approximate surface area is 371 Å². The first-order valence-corrected chi connectivity index (χ1v) is 24.2. The highest BCUT2D eigenvalue weighted by Crippen LogP contribution is 2.26. The summed E-state index contributed by atoms with van der Waals surface area (Å²) in [5.74, 6) is -0.921. The lowest BCUT2D eigenvalue weighted by atomic mass is 9.98. The van der Waals surface area contributed by atoms with Crippen molar-refractivity contribution in [2.45, 2.75) is 248 Å². The maximum absolute atomic E-state index is 13.0. The minimum atomic E-state index is -1.76. The summed E-state index contributed by atoms with van der Waals surface area (Å²) < 4.78 is 33.5. The SMILES string of the molecule is C=CCCCCCCCCCCCCCCCC(=O)O[C@H](COC(=O)CCCCCCCCCCCCC)CO[C@@H]1O[C@H](CO[C@@H]2O[C@H](CO)[C@H](O)C(O)C2O)[C@H](O)C(O)C1O. The first-order valence-electron chi connectivity index (χ1n) is 24.2. The van der Waals surface area contributed by atoms with Gasteiger partial charge in [0.05, 0.1) is 19.8 Å². The zero-order chi connectivity index (χ0) is 45.4.